The number of methoxy groups -OCH3 is 2. The average molecular weight is 262 g/mol. The third kappa shape index (κ3) is 2.14. The van der Waals surface area contributed by atoms with Gasteiger partial charge in [-0.05, 0) is 24.3 Å². The van der Waals surface area contributed by atoms with E-state index in [1.54, 1.807) is 37.4 Å². The minimum atomic E-state index is -1.29. The third-order valence-corrected chi connectivity index (χ3v) is 3.15. The Morgan fingerprint density at radius 3 is 2.47 bits per heavy atom. The van der Waals surface area contributed by atoms with E-state index in [9.17, 15) is 9.90 Å². The first-order chi connectivity index (χ1) is 9.13. The number of carbonyl (C=O) groups is 1. The van der Waals surface area contributed by atoms with Crippen molar-refractivity contribution in [1.82, 2.24) is 0 Å². The molecule has 0 unspecified atom stereocenters. The number of ether oxygens (including phenoxy) is 2. The molecule has 0 bridgehead atoms. The highest BCUT2D eigenvalue weighted by atomic mass is 16.5. The van der Waals surface area contributed by atoms with Crippen molar-refractivity contribution in [3.05, 3.63) is 24.3 Å². The molecule has 3 atom stereocenters. The number of nitrogens with zero attached hydrogens (tertiary/aromatic N) is 2. The molecule has 1 aliphatic heterocycles. The zero-order chi connectivity index (χ0) is 14.0. The van der Waals surface area contributed by atoms with Gasteiger partial charge in [0, 0.05) is 12.8 Å². The lowest BCUT2D eigenvalue weighted by Gasteiger charge is -2.46. The Labute approximate surface area is 110 Å². The topological polar surface area (TPSA) is 82.8 Å². The second-order valence-corrected chi connectivity index (χ2v) is 4.13. The van der Waals surface area contributed by atoms with Crippen molar-refractivity contribution < 1.29 is 19.4 Å². The summed E-state index contributed by atoms with van der Waals surface area (Å²) in [6.07, 6.45) is -2.07. The molecule has 1 amide bonds. The van der Waals surface area contributed by atoms with E-state index in [0.717, 1.165) is 0 Å². The number of amides is 1. The summed E-state index contributed by atoms with van der Waals surface area (Å²) in [5, 5.41) is 18.5. The van der Waals surface area contributed by atoms with Crippen LogP contribution in [0.15, 0.2) is 24.3 Å². The maximum Gasteiger partial charge on any atom is 0.258 e. The molecule has 1 aliphatic rings. The standard InChI is InChI=1S/C13H14N2O4/c1-18-9-5-3-8(4-6-9)15-11(10(16)7-14)12(19-2)13(15)17/h3-6,10-12,16H,1-2H3/t10-,11+,12-/m1/s1. The lowest BCUT2D eigenvalue weighted by atomic mass is 9.92. The minimum Gasteiger partial charge on any atom is -0.497 e. The Morgan fingerprint density at radius 2 is 2.00 bits per heavy atom. The molecule has 19 heavy (non-hydrogen) atoms. The third-order valence-electron chi connectivity index (χ3n) is 3.15. The van der Waals surface area contributed by atoms with Crippen LogP contribution < -0.4 is 9.64 Å². The molecular weight excluding hydrogens is 248 g/mol. The molecule has 1 N–H and O–H groups in total. The van der Waals surface area contributed by atoms with Crippen LogP contribution >= 0.6 is 0 Å². The summed E-state index contributed by atoms with van der Waals surface area (Å²) in [7, 11) is 2.93. The second kappa shape index (κ2) is 5.26. The number of benzene rings is 1. The van der Waals surface area contributed by atoms with Gasteiger partial charge in [0.1, 0.15) is 11.8 Å². The highest BCUT2D eigenvalue weighted by Crippen LogP contribution is 2.32. The average Bonchev–Trinajstić information content (AvgIpc) is 2.45. The molecular formula is C13H14N2O4. The number of rotatable bonds is 4. The fraction of sp³-hybridized carbons (Fsp3) is 0.385. The van der Waals surface area contributed by atoms with Crippen LogP contribution in [0.1, 0.15) is 0 Å². The van der Waals surface area contributed by atoms with Gasteiger partial charge in [-0.1, -0.05) is 0 Å². The van der Waals surface area contributed by atoms with Crippen molar-refractivity contribution in [3.63, 3.8) is 0 Å². The van der Waals surface area contributed by atoms with E-state index >= 15 is 0 Å². The molecule has 6 heteroatoms. The van der Waals surface area contributed by atoms with Gasteiger partial charge in [-0.15, -0.1) is 0 Å². The largest absolute Gasteiger partial charge is 0.497 e. The molecule has 0 aliphatic carbocycles. The summed E-state index contributed by atoms with van der Waals surface area (Å²) >= 11 is 0. The monoisotopic (exact) mass is 262 g/mol. The normalized spacial score (nSPS) is 23.5. The van der Waals surface area contributed by atoms with Gasteiger partial charge in [0.05, 0.1) is 13.2 Å². The summed E-state index contributed by atoms with van der Waals surface area (Å²) < 4.78 is 10.0. The van der Waals surface area contributed by atoms with E-state index in [2.05, 4.69) is 0 Å². The van der Waals surface area contributed by atoms with Gasteiger partial charge in [0.15, 0.2) is 12.2 Å². The van der Waals surface area contributed by atoms with Gasteiger partial charge < -0.3 is 19.5 Å². The highest BCUT2D eigenvalue weighted by Gasteiger charge is 2.52. The summed E-state index contributed by atoms with van der Waals surface area (Å²) in [4.78, 5) is 13.3. The van der Waals surface area contributed by atoms with E-state index in [1.807, 2.05) is 0 Å². The van der Waals surface area contributed by atoms with Gasteiger partial charge in [-0.3, -0.25) is 4.79 Å². The van der Waals surface area contributed by atoms with Gasteiger partial charge in [0.25, 0.3) is 5.91 Å². The van der Waals surface area contributed by atoms with Crippen LogP contribution in [0.25, 0.3) is 0 Å². The Morgan fingerprint density at radius 1 is 1.37 bits per heavy atom. The fourth-order valence-corrected chi connectivity index (χ4v) is 2.15. The number of nitriles is 1. The van der Waals surface area contributed by atoms with Gasteiger partial charge in [-0.2, -0.15) is 5.26 Å². The summed E-state index contributed by atoms with van der Waals surface area (Å²) in [5.41, 5.74) is 0.596. The second-order valence-electron chi connectivity index (χ2n) is 4.13. The van der Waals surface area contributed by atoms with Crippen molar-refractivity contribution in [2.24, 2.45) is 0 Å². The summed E-state index contributed by atoms with van der Waals surface area (Å²) in [5.74, 6) is 0.393. The lowest BCUT2D eigenvalue weighted by molar-refractivity contribution is -0.142. The van der Waals surface area contributed by atoms with Gasteiger partial charge in [-0.25, -0.2) is 0 Å². The molecule has 0 aromatic heterocycles. The zero-order valence-corrected chi connectivity index (χ0v) is 10.6. The fourth-order valence-electron chi connectivity index (χ4n) is 2.15. The highest BCUT2D eigenvalue weighted by molar-refractivity contribution is 6.05. The van der Waals surface area contributed by atoms with Crippen LogP contribution in [0.2, 0.25) is 0 Å². The van der Waals surface area contributed by atoms with Crippen LogP contribution in [0.4, 0.5) is 5.69 Å². The van der Waals surface area contributed by atoms with Crippen LogP contribution in [-0.2, 0) is 9.53 Å². The van der Waals surface area contributed by atoms with Crippen LogP contribution in [-0.4, -0.2) is 43.5 Å². The molecule has 1 aromatic rings. The molecule has 1 saturated heterocycles. The number of carbonyl (C=O) groups excluding carboxylic acids is 1. The van der Waals surface area contributed by atoms with Crippen molar-refractivity contribution >= 4 is 11.6 Å². The minimum absolute atomic E-state index is 0.271. The quantitative estimate of drug-likeness (QED) is 0.623. The first-order valence-electron chi connectivity index (χ1n) is 5.71. The molecule has 0 saturated carbocycles. The number of anilines is 1. The molecule has 6 nitrogen and oxygen atoms in total. The van der Waals surface area contributed by atoms with Crippen molar-refractivity contribution in [1.29, 1.82) is 5.26 Å². The Hall–Kier alpha value is -2.10. The molecule has 1 heterocycles. The number of hydrogen-bond acceptors (Lipinski definition) is 5. The molecule has 0 radical (unpaired) electrons. The van der Waals surface area contributed by atoms with Crippen LogP contribution in [0.5, 0.6) is 5.75 Å². The van der Waals surface area contributed by atoms with Crippen LogP contribution in [0, 0.1) is 11.3 Å². The summed E-state index contributed by atoms with van der Waals surface area (Å²) in [6, 6.07) is 7.85. The van der Waals surface area contributed by atoms with E-state index < -0.39 is 18.2 Å². The van der Waals surface area contributed by atoms with E-state index in [0.29, 0.717) is 11.4 Å². The SMILES string of the molecule is COc1ccc(N2C(=O)[C@H](OC)[C@@H]2[C@H](O)C#N)cc1. The van der Waals surface area contributed by atoms with E-state index in [4.69, 9.17) is 14.7 Å². The number of aliphatic hydroxyl groups excluding tert-OH is 1. The number of aliphatic hydroxyl groups is 1. The zero-order valence-electron chi connectivity index (χ0n) is 10.6. The summed E-state index contributed by atoms with van der Waals surface area (Å²) in [6.45, 7) is 0. The van der Waals surface area contributed by atoms with Crippen molar-refractivity contribution in [2.75, 3.05) is 19.1 Å². The first kappa shape index (κ1) is 13.3. The van der Waals surface area contributed by atoms with E-state index in [-0.39, 0.29) is 5.91 Å². The Kier molecular flexibility index (Phi) is 3.69. The maximum atomic E-state index is 11.9. The van der Waals surface area contributed by atoms with E-state index in [1.165, 1.54) is 12.0 Å². The first-order valence-corrected chi connectivity index (χ1v) is 5.71. The molecule has 100 valence electrons. The number of hydrogen-bond donors (Lipinski definition) is 1. The smallest absolute Gasteiger partial charge is 0.258 e. The predicted molar refractivity (Wildman–Crippen MR) is 66.7 cm³/mol. The Balaban J connectivity index is 2.27. The molecule has 1 aromatic carbocycles. The van der Waals surface area contributed by atoms with Gasteiger partial charge >= 0.3 is 0 Å². The van der Waals surface area contributed by atoms with Gasteiger partial charge in [0.2, 0.25) is 0 Å². The Bertz CT molecular complexity index is 508. The predicted octanol–water partition coefficient (Wildman–Crippen LogP) is 0.310. The molecule has 1 fully saturated rings. The molecule has 0 spiro atoms. The van der Waals surface area contributed by atoms with Crippen molar-refractivity contribution in [2.45, 2.75) is 18.2 Å². The molecule has 2 rings (SSSR count). The lowest BCUT2D eigenvalue weighted by Crippen LogP contribution is -2.70. The number of β-lactam (4-membered cyclic amide) rings is 1. The maximum absolute atomic E-state index is 11.9. The van der Waals surface area contributed by atoms with Crippen molar-refractivity contribution in [3.8, 4) is 11.8 Å². The van der Waals surface area contributed by atoms with Crippen LogP contribution in [0.3, 0.4) is 0 Å².